The number of aromatic nitrogens is 1. The molecule has 1 heterocycles. The molecule has 0 bridgehead atoms. The smallest absolute Gasteiger partial charge is 0.147 e. The quantitative estimate of drug-likeness (QED) is 0.853. The molecule has 0 aliphatic rings. The Morgan fingerprint density at radius 3 is 2.74 bits per heavy atom. The van der Waals surface area contributed by atoms with Crippen LogP contribution in [0.1, 0.15) is 12.0 Å². The fourth-order valence-electron chi connectivity index (χ4n) is 1.94. The molecule has 0 saturated carbocycles. The van der Waals surface area contributed by atoms with E-state index in [-0.39, 0.29) is 5.75 Å². The molecule has 2 aromatic rings. The number of nitrogens with one attached hydrogen (secondary N) is 1. The lowest BCUT2D eigenvalue weighted by atomic mass is 10.1. The van der Waals surface area contributed by atoms with Gasteiger partial charge in [0.2, 0.25) is 0 Å². The summed E-state index contributed by atoms with van der Waals surface area (Å²) in [6.07, 6.45) is 1.85. The Hall–Kier alpha value is -1.62. The Bertz CT molecular complexity index is 681. The molecule has 1 aromatic carbocycles. The Morgan fingerprint density at radius 1 is 1.26 bits per heavy atom. The third-order valence-electron chi connectivity index (χ3n) is 2.90. The number of benzene rings is 1. The Balaban J connectivity index is 2.06. The summed E-state index contributed by atoms with van der Waals surface area (Å²) in [7, 11) is -2.88. The number of pyridine rings is 1. The number of anilines is 1. The summed E-state index contributed by atoms with van der Waals surface area (Å²) in [5.74, 6) is 1.03. The molecule has 0 radical (unpaired) electrons. The molecule has 0 saturated heterocycles. The van der Waals surface area contributed by atoms with Gasteiger partial charge < -0.3 is 5.32 Å². The lowest BCUT2D eigenvalue weighted by Gasteiger charge is -2.09. The van der Waals surface area contributed by atoms with Crippen LogP contribution >= 0.6 is 0 Å². The number of hydrogen-bond donors (Lipinski definition) is 1. The topological polar surface area (TPSA) is 59.1 Å². The third kappa shape index (κ3) is 3.92. The summed E-state index contributed by atoms with van der Waals surface area (Å²) in [5, 5.41) is 4.31. The number of hydrogen-bond acceptors (Lipinski definition) is 4. The fraction of sp³-hybridized carbons (Fsp3) is 0.357. The van der Waals surface area contributed by atoms with Crippen molar-refractivity contribution in [1.29, 1.82) is 0 Å². The molecule has 0 spiro atoms. The first kappa shape index (κ1) is 13.8. The molecule has 0 aliphatic carbocycles. The molecule has 0 fully saturated rings. The minimum atomic E-state index is -2.88. The highest BCUT2D eigenvalue weighted by molar-refractivity contribution is 7.90. The second kappa shape index (κ2) is 5.57. The van der Waals surface area contributed by atoms with Crippen molar-refractivity contribution < 1.29 is 8.42 Å². The van der Waals surface area contributed by atoms with Gasteiger partial charge in [0.05, 0.1) is 11.3 Å². The lowest BCUT2D eigenvalue weighted by Crippen LogP contribution is -2.11. The van der Waals surface area contributed by atoms with Gasteiger partial charge in [-0.2, -0.15) is 0 Å². The molecule has 5 heteroatoms. The molecule has 2 rings (SSSR count). The van der Waals surface area contributed by atoms with Gasteiger partial charge in [0.15, 0.2) is 0 Å². The first-order valence-corrected chi connectivity index (χ1v) is 8.30. The molecule has 4 nitrogen and oxygen atoms in total. The van der Waals surface area contributed by atoms with Crippen molar-refractivity contribution >= 4 is 26.6 Å². The van der Waals surface area contributed by atoms with Crippen molar-refractivity contribution in [3.05, 3.63) is 35.9 Å². The van der Waals surface area contributed by atoms with Crippen LogP contribution < -0.4 is 5.32 Å². The third-order valence-corrected chi connectivity index (χ3v) is 3.93. The van der Waals surface area contributed by atoms with E-state index in [0.29, 0.717) is 13.0 Å². The van der Waals surface area contributed by atoms with E-state index in [1.54, 1.807) is 0 Å². The van der Waals surface area contributed by atoms with Gasteiger partial charge in [0.1, 0.15) is 15.7 Å². The summed E-state index contributed by atoms with van der Waals surface area (Å²) >= 11 is 0. The van der Waals surface area contributed by atoms with Crippen molar-refractivity contribution in [2.75, 3.05) is 23.9 Å². The molecule has 0 amide bonds. The number of rotatable bonds is 5. The van der Waals surface area contributed by atoms with Crippen molar-refractivity contribution in [3.8, 4) is 0 Å². The van der Waals surface area contributed by atoms with E-state index in [0.717, 1.165) is 22.3 Å². The molecule has 1 aromatic heterocycles. The molecule has 1 N–H and O–H groups in total. The number of sulfone groups is 1. The van der Waals surface area contributed by atoms with E-state index in [4.69, 9.17) is 0 Å². The van der Waals surface area contributed by atoms with Crippen LogP contribution in [-0.2, 0) is 9.84 Å². The average molecular weight is 278 g/mol. The van der Waals surface area contributed by atoms with Gasteiger partial charge >= 0.3 is 0 Å². The average Bonchev–Trinajstić information content (AvgIpc) is 2.33. The first-order valence-electron chi connectivity index (χ1n) is 6.24. The molecular formula is C14H18N2O2S. The standard InChI is InChI=1S/C14H18N2O2S/c1-11-10-12-6-3-4-7-13(12)16-14(11)15-8-5-9-19(2,17)18/h3-4,6-7,10H,5,8-9H2,1-2H3,(H,15,16). The molecule has 0 unspecified atom stereocenters. The largest absolute Gasteiger partial charge is 0.370 e. The Kier molecular flexibility index (Phi) is 4.04. The molecular weight excluding hydrogens is 260 g/mol. The normalized spacial score (nSPS) is 11.7. The van der Waals surface area contributed by atoms with Gasteiger partial charge in [-0.3, -0.25) is 0 Å². The minimum Gasteiger partial charge on any atom is -0.370 e. The molecule has 19 heavy (non-hydrogen) atoms. The predicted octanol–water partition coefficient (Wildman–Crippen LogP) is 2.39. The first-order chi connectivity index (χ1) is 8.96. The summed E-state index contributed by atoms with van der Waals surface area (Å²) in [4.78, 5) is 4.55. The summed E-state index contributed by atoms with van der Waals surface area (Å²) in [6, 6.07) is 10.0. The van der Waals surface area contributed by atoms with Crippen LogP contribution in [-0.4, -0.2) is 32.0 Å². The summed E-state index contributed by atoms with van der Waals surface area (Å²) < 4.78 is 22.1. The monoisotopic (exact) mass is 278 g/mol. The number of para-hydroxylation sites is 1. The zero-order valence-electron chi connectivity index (χ0n) is 11.2. The molecule has 102 valence electrons. The van der Waals surface area contributed by atoms with Crippen LogP contribution in [0.15, 0.2) is 30.3 Å². The van der Waals surface area contributed by atoms with Gasteiger partial charge in [-0.1, -0.05) is 18.2 Å². The van der Waals surface area contributed by atoms with Gasteiger partial charge in [0, 0.05) is 18.2 Å². The van der Waals surface area contributed by atoms with E-state index in [1.165, 1.54) is 6.26 Å². The van der Waals surface area contributed by atoms with Gasteiger partial charge in [-0.15, -0.1) is 0 Å². The number of nitrogens with zero attached hydrogens (tertiary/aromatic N) is 1. The molecule has 0 atom stereocenters. The van der Waals surface area contributed by atoms with Crippen molar-refractivity contribution in [3.63, 3.8) is 0 Å². The van der Waals surface area contributed by atoms with Gasteiger partial charge in [0.25, 0.3) is 0 Å². The highest BCUT2D eigenvalue weighted by Crippen LogP contribution is 2.19. The van der Waals surface area contributed by atoms with Crippen LogP contribution in [0.5, 0.6) is 0 Å². The van der Waals surface area contributed by atoms with Gasteiger partial charge in [-0.25, -0.2) is 13.4 Å². The predicted molar refractivity (Wildman–Crippen MR) is 79.3 cm³/mol. The zero-order valence-corrected chi connectivity index (χ0v) is 12.0. The Labute approximate surface area is 113 Å². The van der Waals surface area contributed by atoms with Crippen LogP contribution in [0.3, 0.4) is 0 Å². The second-order valence-electron chi connectivity index (χ2n) is 4.76. The van der Waals surface area contributed by atoms with Crippen molar-refractivity contribution in [1.82, 2.24) is 4.98 Å². The minimum absolute atomic E-state index is 0.201. The van der Waals surface area contributed by atoms with E-state index in [2.05, 4.69) is 16.4 Å². The SMILES string of the molecule is Cc1cc2ccccc2nc1NCCCS(C)(=O)=O. The number of fused-ring (bicyclic) bond motifs is 1. The van der Waals surface area contributed by atoms with Crippen molar-refractivity contribution in [2.45, 2.75) is 13.3 Å². The van der Waals surface area contributed by atoms with E-state index < -0.39 is 9.84 Å². The summed E-state index contributed by atoms with van der Waals surface area (Å²) in [5.41, 5.74) is 2.01. The highest BCUT2D eigenvalue weighted by Gasteiger charge is 2.04. The van der Waals surface area contributed by atoms with E-state index in [1.807, 2.05) is 31.2 Å². The maximum Gasteiger partial charge on any atom is 0.147 e. The molecule has 0 aliphatic heterocycles. The highest BCUT2D eigenvalue weighted by atomic mass is 32.2. The van der Waals surface area contributed by atoms with E-state index in [9.17, 15) is 8.42 Å². The second-order valence-corrected chi connectivity index (χ2v) is 7.02. The Morgan fingerprint density at radius 2 is 2.00 bits per heavy atom. The zero-order chi connectivity index (χ0) is 13.9. The fourth-order valence-corrected chi connectivity index (χ4v) is 2.61. The van der Waals surface area contributed by atoms with Crippen LogP contribution in [0.4, 0.5) is 5.82 Å². The van der Waals surface area contributed by atoms with Crippen LogP contribution in [0.2, 0.25) is 0 Å². The lowest BCUT2D eigenvalue weighted by molar-refractivity contribution is 0.600. The van der Waals surface area contributed by atoms with Gasteiger partial charge in [-0.05, 0) is 31.0 Å². The maximum absolute atomic E-state index is 11.0. The maximum atomic E-state index is 11.0. The van der Waals surface area contributed by atoms with Crippen molar-refractivity contribution in [2.24, 2.45) is 0 Å². The van der Waals surface area contributed by atoms with E-state index >= 15 is 0 Å². The van der Waals surface area contributed by atoms with Crippen LogP contribution in [0, 0.1) is 6.92 Å². The summed E-state index contributed by atoms with van der Waals surface area (Å²) in [6.45, 7) is 2.61. The number of aryl methyl sites for hydroxylation is 1. The van der Waals surface area contributed by atoms with Crippen LogP contribution in [0.25, 0.3) is 10.9 Å².